The average molecular weight is 339 g/mol. The highest BCUT2D eigenvalue weighted by Crippen LogP contribution is 2.15. The molecule has 0 saturated carbocycles. The molecule has 1 aromatic heterocycles. The third-order valence-electron chi connectivity index (χ3n) is 3.15. The van der Waals surface area contributed by atoms with Gasteiger partial charge in [0.1, 0.15) is 11.6 Å². The molecular formula is C19H11F2NOS. The Labute approximate surface area is 141 Å². The number of carbonyl (C=O) groups is 1. The van der Waals surface area contributed by atoms with E-state index in [9.17, 15) is 13.6 Å². The predicted molar refractivity (Wildman–Crippen MR) is 91.1 cm³/mol. The van der Waals surface area contributed by atoms with E-state index in [-0.39, 0.29) is 5.56 Å². The van der Waals surface area contributed by atoms with Gasteiger partial charge in [0.25, 0.3) is 5.91 Å². The lowest BCUT2D eigenvalue weighted by atomic mass is 10.1. The van der Waals surface area contributed by atoms with Crippen molar-refractivity contribution in [1.29, 1.82) is 0 Å². The molecule has 0 atom stereocenters. The van der Waals surface area contributed by atoms with E-state index >= 15 is 0 Å². The Kier molecular flexibility index (Phi) is 4.69. The van der Waals surface area contributed by atoms with Crippen LogP contribution in [0.15, 0.2) is 60.0 Å². The quantitative estimate of drug-likeness (QED) is 0.675. The molecule has 1 amide bonds. The van der Waals surface area contributed by atoms with Gasteiger partial charge in [0.2, 0.25) is 0 Å². The normalized spacial score (nSPS) is 9.92. The molecule has 0 unspecified atom stereocenters. The lowest BCUT2D eigenvalue weighted by Gasteiger charge is -2.06. The van der Waals surface area contributed by atoms with Crippen LogP contribution in [-0.2, 0) is 0 Å². The Morgan fingerprint density at radius 1 is 1.00 bits per heavy atom. The second kappa shape index (κ2) is 7.07. The summed E-state index contributed by atoms with van der Waals surface area (Å²) in [5.41, 5.74) is 0.994. The predicted octanol–water partition coefficient (Wildman–Crippen LogP) is 4.68. The maximum absolute atomic E-state index is 13.6. The van der Waals surface area contributed by atoms with Crippen molar-refractivity contribution in [3.05, 3.63) is 87.6 Å². The first kappa shape index (κ1) is 15.9. The van der Waals surface area contributed by atoms with E-state index < -0.39 is 17.5 Å². The van der Waals surface area contributed by atoms with Crippen LogP contribution in [0.3, 0.4) is 0 Å². The van der Waals surface area contributed by atoms with Crippen LogP contribution in [-0.4, -0.2) is 5.91 Å². The molecule has 5 heteroatoms. The van der Waals surface area contributed by atoms with Crippen LogP contribution in [0.1, 0.15) is 20.8 Å². The SMILES string of the molecule is O=C(Nc1cccc(C#Cc2cccs2)c1)c1ccc(F)cc1F. The number of amides is 1. The number of benzene rings is 2. The van der Waals surface area contributed by atoms with E-state index in [2.05, 4.69) is 17.2 Å². The number of nitrogens with one attached hydrogen (secondary N) is 1. The molecular weight excluding hydrogens is 328 g/mol. The van der Waals surface area contributed by atoms with Crippen molar-refractivity contribution >= 4 is 22.9 Å². The lowest BCUT2D eigenvalue weighted by molar-refractivity contribution is 0.102. The van der Waals surface area contributed by atoms with Gasteiger partial charge in [0.15, 0.2) is 0 Å². The fraction of sp³-hybridized carbons (Fsp3) is 0. The number of rotatable bonds is 2. The molecule has 3 rings (SSSR count). The number of hydrogen-bond donors (Lipinski definition) is 1. The molecule has 2 aromatic carbocycles. The second-order valence-corrected chi connectivity index (χ2v) is 5.83. The first-order valence-corrected chi connectivity index (χ1v) is 7.92. The van der Waals surface area contributed by atoms with Gasteiger partial charge in [0.05, 0.1) is 10.4 Å². The summed E-state index contributed by atoms with van der Waals surface area (Å²) in [6.45, 7) is 0. The highest BCUT2D eigenvalue weighted by Gasteiger charge is 2.12. The van der Waals surface area contributed by atoms with Crippen LogP contribution in [0.5, 0.6) is 0 Å². The molecule has 1 N–H and O–H groups in total. The second-order valence-electron chi connectivity index (χ2n) is 4.89. The number of thiophene rings is 1. The zero-order valence-corrected chi connectivity index (χ0v) is 13.2. The van der Waals surface area contributed by atoms with Crippen molar-refractivity contribution in [3.63, 3.8) is 0 Å². The molecule has 3 aromatic rings. The van der Waals surface area contributed by atoms with Crippen LogP contribution in [0, 0.1) is 23.5 Å². The Balaban J connectivity index is 1.78. The van der Waals surface area contributed by atoms with Crippen LogP contribution in [0.2, 0.25) is 0 Å². The molecule has 0 radical (unpaired) electrons. The van der Waals surface area contributed by atoms with Crippen molar-refractivity contribution in [1.82, 2.24) is 0 Å². The smallest absolute Gasteiger partial charge is 0.258 e. The van der Waals surface area contributed by atoms with E-state index in [1.165, 1.54) is 0 Å². The van der Waals surface area contributed by atoms with Crippen LogP contribution >= 0.6 is 11.3 Å². The highest BCUT2D eigenvalue weighted by atomic mass is 32.1. The fourth-order valence-electron chi connectivity index (χ4n) is 2.03. The maximum Gasteiger partial charge on any atom is 0.258 e. The summed E-state index contributed by atoms with van der Waals surface area (Å²) in [5, 5.41) is 4.53. The zero-order chi connectivity index (χ0) is 16.9. The van der Waals surface area contributed by atoms with E-state index in [0.29, 0.717) is 11.8 Å². The summed E-state index contributed by atoms with van der Waals surface area (Å²) in [7, 11) is 0. The molecule has 1 heterocycles. The highest BCUT2D eigenvalue weighted by molar-refractivity contribution is 7.10. The van der Waals surface area contributed by atoms with Gasteiger partial charge in [-0.15, -0.1) is 11.3 Å². The molecule has 24 heavy (non-hydrogen) atoms. The molecule has 0 aliphatic heterocycles. The van der Waals surface area contributed by atoms with Gasteiger partial charge >= 0.3 is 0 Å². The first-order valence-electron chi connectivity index (χ1n) is 7.04. The Hall–Kier alpha value is -2.97. The summed E-state index contributed by atoms with van der Waals surface area (Å²) in [6, 6.07) is 13.6. The summed E-state index contributed by atoms with van der Waals surface area (Å²) in [6.07, 6.45) is 0. The van der Waals surface area contributed by atoms with Gasteiger partial charge in [-0.1, -0.05) is 24.0 Å². The minimum atomic E-state index is -0.902. The number of carbonyl (C=O) groups excluding carboxylic acids is 1. The molecule has 2 nitrogen and oxygen atoms in total. The van der Waals surface area contributed by atoms with Crippen molar-refractivity contribution in [3.8, 4) is 11.8 Å². The van der Waals surface area contributed by atoms with E-state index in [1.54, 1.807) is 29.5 Å². The third-order valence-corrected chi connectivity index (χ3v) is 3.93. The third kappa shape index (κ3) is 3.86. The van der Waals surface area contributed by atoms with Crippen LogP contribution in [0.25, 0.3) is 0 Å². The van der Waals surface area contributed by atoms with E-state index in [0.717, 1.165) is 22.6 Å². The minimum absolute atomic E-state index is 0.216. The van der Waals surface area contributed by atoms with Crippen molar-refractivity contribution < 1.29 is 13.6 Å². The maximum atomic E-state index is 13.6. The van der Waals surface area contributed by atoms with Gasteiger partial charge < -0.3 is 5.32 Å². The average Bonchev–Trinajstić information content (AvgIpc) is 3.06. The number of hydrogen-bond acceptors (Lipinski definition) is 2. The number of anilines is 1. The van der Waals surface area contributed by atoms with E-state index in [4.69, 9.17) is 0 Å². The van der Waals surface area contributed by atoms with Crippen LogP contribution < -0.4 is 5.32 Å². The van der Waals surface area contributed by atoms with Gasteiger partial charge in [-0.2, -0.15) is 0 Å². The van der Waals surface area contributed by atoms with Gasteiger partial charge in [-0.05, 0) is 41.8 Å². The Morgan fingerprint density at radius 2 is 1.88 bits per heavy atom. The van der Waals surface area contributed by atoms with Gasteiger partial charge in [-0.3, -0.25) is 4.79 Å². The fourth-order valence-corrected chi connectivity index (χ4v) is 2.60. The van der Waals surface area contributed by atoms with Crippen molar-refractivity contribution in [2.75, 3.05) is 5.32 Å². The summed E-state index contributed by atoms with van der Waals surface area (Å²) >= 11 is 1.54. The standard InChI is InChI=1S/C19H11F2NOS/c20-14-7-9-17(18(21)12-14)19(23)22-15-4-1-3-13(11-15)6-8-16-5-2-10-24-16/h1-5,7,9-12H,(H,22,23). The minimum Gasteiger partial charge on any atom is -0.322 e. The topological polar surface area (TPSA) is 29.1 Å². The zero-order valence-electron chi connectivity index (χ0n) is 12.3. The van der Waals surface area contributed by atoms with Crippen LogP contribution in [0.4, 0.5) is 14.5 Å². The van der Waals surface area contributed by atoms with E-state index in [1.807, 2.05) is 23.6 Å². The largest absolute Gasteiger partial charge is 0.322 e. The summed E-state index contributed by atoms with van der Waals surface area (Å²) in [5.74, 6) is 3.76. The molecule has 118 valence electrons. The van der Waals surface area contributed by atoms with Gasteiger partial charge in [0, 0.05) is 17.3 Å². The Bertz CT molecular complexity index is 939. The van der Waals surface area contributed by atoms with Crippen molar-refractivity contribution in [2.45, 2.75) is 0 Å². The summed E-state index contributed by atoms with van der Waals surface area (Å²) in [4.78, 5) is 13.0. The molecule has 0 spiro atoms. The van der Waals surface area contributed by atoms with Crippen molar-refractivity contribution in [2.24, 2.45) is 0 Å². The Morgan fingerprint density at radius 3 is 2.62 bits per heavy atom. The first-order chi connectivity index (χ1) is 11.6. The molecule has 0 aliphatic rings. The molecule has 0 fully saturated rings. The number of halogens is 2. The lowest BCUT2D eigenvalue weighted by Crippen LogP contribution is -2.14. The van der Waals surface area contributed by atoms with Gasteiger partial charge in [-0.25, -0.2) is 8.78 Å². The monoisotopic (exact) mass is 339 g/mol. The summed E-state index contributed by atoms with van der Waals surface area (Å²) < 4.78 is 26.5. The molecule has 0 aliphatic carbocycles. The molecule has 0 bridgehead atoms. The molecule has 0 saturated heterocycles.